The van der Waals surface area contributed by atoms with E-state index in [1.807, 2.05) is 37.4 Å². The molecule has 30 heavy (non-hydrogen) atoms. The van der Waals surface area contributed by atoms with Gasteiger partial charge in [0.15, 0.2) is 0 Å². The average Bonchev–Trinajstić information content (AvgIpc) is 3.54. The van der Waals surface area contributed by atoms with E-state index >= 15 is 0 Å². The van der Waals surface area contributed by atoms with Crippen LogP contribution in [0.25, 0.3) is 32.9 Å². The lowest BCUT2D eigenvalue weighted by atomic mass is 9.98. The van der Waals surface area contributed by atoms with Crippen molar-refractivity contribution in [2.24, 2.45) is 11.8 Å². The van der Waals surface area contributed by atoms with E-state index in [4.69, 9.17) is 11.0 Å². The molecule has 146 valence electrons. The summed E-state index contributed by atoms with van der Waals surface area (Å²) in [7, 11) is 0. The van der Waals surface area contributed by atoms with E-state index in [9.17, 15) is 4.79 Å². The molecule has 1 aromatic carbocycles. The van der Waals surface area contributed by atoms with Crippen molar-refractivity contribution in [3.05, 3.63) is 54.5 Å². The van der Waals surface area contributed by atoms with E-state index in [0.717, 1.165) is 38.5 Å². The van der Waals surface area contributed by atoms with Crippen molar-refractivity contribution in [2.45, 2.75) is 13.3 Å². The Balaban J connectivity index is 1.55. The van der Waals surface area contributed by atoms with Crippen LogP contribution in [0.15, 0.2) is 48.9 Å². The first-order valence-electron chi connectivity index (χ1n) is 9.65. The molecule has 0 unspecified atom stereocenters. The van der Waals surface area contributed by atoms with E-state index in [1.54, 1.807) is 18.5 Å². The van der Waals surface area contributed by atoms with Gasteiger partial charge in [0.25, 0.3) is 0 Å². The largest absolute Gasteiger partial charge is 0.398 e. The lowest BCUT2D eigenvalue weighted by Crippen LogP contribution is -2.15. The minimum atomic E-state index is -0.247. The smallest absolute Gasteiger partial charge is 0.230 e. The minimum Gasteiger partial charge on any atom is -0.398 e. The highest BCUT2D eigenvalue weighted by Gasteiger charge is 2.43. The molecule has 4 aromatic rings. The fraction of sp³-hybridized carbons (Fsp3) is 0.174. The number of aryl methyl sites for hydroxylation is 1. The Kier molecular flexibility index (Phi) is 4.07. The zero-order valence-electron chi connectivity index (χ0n) is 16.3. The number of carbonyl (C=O) groups excluding carboxylic acids is 1. The Morgan fingerprint density at radius 2 is 2.10 bits per heavy atom. The van der Waals surface area contributed by atoms with E-state index in [2.05, 4.69) is 26.3 Å². The van der Waals surface area contributed by atoms with Gasteiger partial charge in [-0.2, -0.15) is 5.26 Å². The number of benzene rings is 1. The zero-order chi connectivity index (χ0) is 20.8. The van der Waals surface area contributed by atoms with E-state index < -0.39 is 0 Å². The molecule has 1 fully saturated rings. The van der Waals surface area contributed by atoms with Crippen molar-refractivity contribution in [3.63, 3.8) is 0 Å². The monoisotopic (exact) mass is 394 g/mol. The quantitative estimate of drug-likeness (QED) is 0.510. The Morgan fingerprint density at radius 3 is 2.90 bits per heavy atom. The number of nitrogen functional groups attached to an aromatic ring is 1. The molecular weight excluding hydrogens is 376 g/mol. The van der Waals surface area contributed by atoms with Crippen LogP contribution in [0.1, 0.15) is 12.0 Å². The number of nitrogens with zero attached hydrogens (tertiary/aromatic N) is 4. The summed E-state index contributed by atoms with van der Waals surface area (Å²) in [6.07, 6.45) is 5.85. The molecule has 1 saturated carbocycles. The predicted molar refractivity (Wildman–Crippen MR) is 115 cm³/mol. The van der Waals surface area contributed by atoms with Crippen molar-refractivity contribution in [1.29, 1.82) is 5.26 Å². The van der Waals surface area contributed by atoms with Crippen molar-refractivity contribution in [3.8, 4) is 17.2 Å². The first-order chi connectivity index (χ1) is 14.5. The summed E-state index contributed by atoms with van der Waals surface area (Å²) in [6.45, 7) is 2.02. The van der Waals surface area contributed by atoms with Gasteiger partial charge >= 0.3 is 0 Å². The van der Waals surface area contributed by atoms with Gasteiger partial charge in [0.1, 0.15) is 5.82 Å². The second-order valence-electron chi connectivity index (χ2n) is 7.59. The summed E-state index contributed by atoms with van der Waals surface area (Å²) in [5.74, 6) is -0.159. The second-order valence-corrected chi connectivity index (χ2v) is 7.59. The third-order valence-corrected chi connectivity index (χ3v) is 5.60. The highest BCUT2D eigenvalue weighted by molar-refractivity contribution is 6.00. The summed E-state index contributed by atoms with van der Waals surface area (Å²) in [5, 5.41) is 13.4. The van der Waals surface area contributed by atoms with E-state index in [-0.39, 0.29) is 17.7 Å². The van der Waals surface area contributed by atoms with Crippen LogP contribution < -0.4 is 11.1 Å². The maximum absolute atomic E-state index is 12.3. The number of aromatic nitrogens is 3. The lowest BCUT2D eigenvalue weighted by Gasteiger charge is -2.12. The van der Waals surface area contributed by atoms with Crippen LogP contribution in [0.4, 0.5) is 11.5 Å². The van der Waals surface area contributed by atoms with Gasteiger partial charge in [-0.3, -0.25) is 14.8 Å². The SMILES string of the molecule is Cc1c(-c2cc(N)c3cnc(NC(=O)[C@@H]4C[C@H]4C#N)cc3c2)cnc2cccnc12. The Bertz CT molecular complexity index is 1370. The molecule has 3 N–H and O–H groups in total. The predicted octanol–water partition coefficient (Wildman–Crippen LogP) is 3.83. The molecule has 7 heteroatoms. The van der Waals surface area contributed by atoms with Gasteiger partial charge in [-0.05, 0) is 60.2 Å². The topological polar surface area (TPSA) is 118 Å². The molecule has 0 aliphatic heterocycles. The number of amides is 1. The average molecular weight is 394 g/mol. The first kappa shape index (κ1) is 18.0. The van der Waals surface area contributed by atoms with Crippen molar-refractivity contribution in [1.82, 2.24) is 15.0 Å². The number of nitrogens with one attached hydrogen (secondary N) is 1. The molecule has 1 aliphatic rings. The van der Waals surface area contributed by atoms with Crippen molar-refractivity contribution in [2.75, 3.05) is 11.1 Å². The summed E-state index contributed by atoms with van der Waals surface area (Å²) < 4.78 is 0. The van der Waals surface area contributed by atoms with Gasteiger partial charge < -0.3 is 11.1 Å². The van der Waals surface area contributed by atoms with Crippen LogP contribution in [0.5, 0.6) is 0 Å². The van der Waals surface area contributed by atoms with Crippen LogP contribution in [-0.4, -0.2) is 20.9 Å². The van der Waals surface area contributed by atoms with Gasteiger partial charge in [0.05, 0.1) is 28.9 Å². The minimum absolute atomic E-state index is 0.168. The fourth-order valence-corrected chi connectivity index (χ4v) is 3.80. The molecule has 1 amide bonds. The first-order valence-corrected chi connectivity index (χ1v) is 9.65. The number of hydrogen-bond donors (Lipinski definition) is 2. The van der Waals surface area contributed by atoms with Crippen molar-refractivity contribution < 1.29 is 4.79 Å². The number of pyridine rings is 3. The summed E-state index contributed by atoms with van der Waals surface area (Å²) in [6, 6.07) is 11.7. The summed E-state index contributed by atoms with van der Waals surface area (Å²) in [5.41, 5.74) is 11.5. The summed E-state index contributed by atoms with van der Waals surface area (Å²) >= 11 is 0. The fourth-order valence-electron chi connectivity index (χ4n) is 3.80. The number of rotatable bonds is 3. The van der Waals surface area contributed by atoms with Crippen molar-refractivity contribution >= 4 is 39.2 Å². The third kappa shape index (κ3) is 2.99. The van der Waals surface area contributed by atoms with E-state index in [1.165, 1.54) is 0 Å². The molecule has 3 aromatic heterocycles. The number of hydrogen-bond acceptors (Lipinski definition) is 6. The van der Waals surface area contributed by atoms with Gasteiger partial charge in [-0.1, -0.05) is 0 Å². The van der Waals surface area contributed by atoms with Gasteiger partial charge in [-0.25, -0.2) is 4.98 Å². The molecular formula is C23H18N6O. The molecule has 3 heterocycles. The standard InChI is InChI=1S/C23H18N6O/c1-12-17(10-27-20-3-2-4-26-22(12)20)13-5-14-8-21(28-11-18(14)19(25)7-13)29-23(30)16-6-15(16)9-24/h2-5,7-8,10-11,15-16H,6,25H2,1H3,(H,28,29,30)/t15-,16+/m0/s1. The Labute approximate surface area is 172 Å². The van der Waals surface area contributed by atoms with Gasteiger partial charge in [0, 0.05) is 35.2 Å². The van der Waals surface area contributed by atoms with Gasteiger partial charge in [-0.15, -0.1) is 0 Å². The number of anilines is 2. The molecule has 0 radical (unpaired) electrons. The zero-order valence-corrected chi connectivity index (χ0v) is 16.3. The Hall–Kier alpha value is -4.05. The van der Waals surface area contributed by atoms with E-state index in [0.29, 0.717) is 17.9 Å². The highest BCUT2D eigenvalue weighted by Crippen LogP contribution is 2.39. The number of fused-ring (bicyclic) bond motifs is 2. The molecule has 5 rings (SSSR count). The maximum Gasteiger partial charge on any atom is 0.230 e. The summed E-state index contributed by atoms with van der Waals surface area (Å²) in [4.78, 5) is 25.6. The Morgan fingerprint density at radius 1 is 1.23 bits per heavy atom. The normalized spacial score (nSPS) is 17.6. The number of nitriles is 1. The van der Waals surface area contributed by atoms with Gasteiger partial charge in [0.2, 0.25) is 5.91 Å². The third-order valence-electron chi connectivity index (χ3n) is 5.60. The van der Waals surface area contributed by atoms with Crippen LogP contribution in [-0.2, 0) is 4.79 Å². The second kappa shape index (κ2) is 6.78. The van der Waals surface area contributed by atoms with Crippen LogP contribution >= 0.6 is 0 Å². The molecule has 1 aliphatic carbocycles. The van der Waals surface area contributed by atoms with Crippen LogP contribution in [0, 0.1) is 30.1 Å². The highest BCUT2D eigenvalue weighted by atomic mass is 16.2. The molecule has 0 spiro atoms. The number of nitrogens with two attached hydrogens (primary N) is 1. The molecule has 2 atom stereocenters. The lowest BCUT2D eigenvalue weighted by molar-refractivity contribution is -0.117. The maximum atomic E-state index is 12.3. The molecule has 0 saturated heterocycles. The van der Waals surface area contributed by atoms with Crippen LogP contribution in [0.3, 0.4) is 0 Å². The number of carbonyl (C=O) groups is 1. The van der Waals surface area contributed by atoms with Crippen LogP contribution in [0.2, 0.25) is 0 Å². The molecule has 7 nitrogen and oxygen atoms in total. The molecule has 0 bridgehead atoms.